The molecule has 1 aromatic carbocycles. The average Bonchev–Trinajstić information content (AvgIpc) is 2.91. The molecule has 0 bridgehead atoms. The molecule has 0 spiro atoms. The standard InChI is InChI=1S/C22H17F3N4O4/c1-21(2)19(32)29(15-9-16(22(23,24)25)17(10-26)27-11-15)20(33)28(21)12-14-5-3-13(4-6-14)7-8-18(30)31/h3-9,11H,12H2,1-2H3,(H,30,31)/b8-7+. The first-order valence-corrected chi connectivity index (χ1v) is 9.49. The Morgan fingerprint density at radius 2 is 1.88 bits per heavy atom. The lowest BCUT2D eigenvalue weighted by Crippen LogP contribution is -2.43. The van der Waals surface area contributed by atoms with Crippen molar-refractivity contribution >= 4 is 29.7 Å². The molecule has 1 aromatic heterocycles. The van der Waals surface area contributed by atoms with E-state index in [4.69, 9.17) is 10.4 Å². The van der Waals surface area contributed by atoms with Gasteiger partial charge in [-0.15, -0.1) is 0 Å². The molecule has 1 aliphatic heterocycles. The lowest BCUT2D eigenvalue weighted by atomic mass is 10.0. The number of imide groups is 1. The molecule has 0 saturated carbocycles. The van der Waals surface area contributed by atoms with E-state index < -0.39 is 40.9 Å². The summed E-state index contributed by atoms with van der Waals surface area (Å²) in [6.07, 6.45) is -1.66. The fraction of sp³-hybridized carbons (Fsp3) is 0.227. The van der Waals surface area contributed by atoms with E-state index in [1.54, 1.807) is 24.3 Å². The molecule has 0 aliphatic carbocycles. The van der Waals surface area contributed by atoms with E-state index in [1.165, 1.54) is 30.9 Å². The van der Waals surface area contributed by atoms with Crippen LogP contribution in [0.15, 0.2) is 42.6 Å². The molecule has 1 fully saturated rings. The fourth-order valence-electron chi connectivity index (χ4n) is 3.29. The van der Waals surface area contributed by atoms with E-state index in [2.05, 4.69) is 4.98 Å². The van der Waals surface area contributed by atoms with Gasteiger partial charge < -0.3 is 10.0 Å². The number of carbonyl (C=O) groups is 3. The third-order valence-electron chi connectivity index (χ3n) is 5.10. The number of halogens is 3. The lowest BCUT2D eigenvalue weighted by molar-refractivity contribution is -0.138. The average molecular weight is 458 g/mol. The first kappa shape index (κ1) is 23.5. The Labute approximate surface area is 186 Å². The number of carboxylic acid groups (broad SMARTS) is 1. The maximum Gasteiger partial charge on any atom is 0.419 e. The van der Waals surface area contributed by atoms with Crippen LogP contribution in [0.4, 0.5) is 23.7 Å². The molecule has 2 heterocycles. The lowest BCUT2D eigenvalue weighted by Gasteiger charge is -2.27. The van der Waals surface area contributed by atoms with Gasteiger partial charge in [0.1, 0.15) is 11.6 Å². The summed E-state index contributed by atoms with van der Waals surface area (Å²) in [4.78, 5) is 42.0. The Balaban J connectivity index is 1.92. The van der Waals surface area contributed by atoms with Crippen molar-refractivity contribution in [3.05, 3.63) is 65.0 Å². The maximum absolute atomic E-state index is 13.3. The van der Waals surface area contributed by atoms with E-state index in [1.807, 2.05) is 0 Å². The van der Waals surface area contributed by atoms with E-state index in [0.717, 1.165) is 12.3 Å². The van der Waals surface area contributed by atoms with Crippen LogP contribution >= 0.6 is 0 Å². The third-order valence-corrected chi connectivity index (χ3v) is 5.10. The van der Waals surface area contributed by atoms with Crippen molar-refractivity contribution in [2.75, 3.05) is 4.90 Å². The Hall–Kier alpha value is -4.20. The molecule has 3 amide bonds. The van der Waals surface area contributed by atoms with Crippen LogP contribution in [0.2, 0.25) is 0 Å². The van der Waals surface area contributed by atoms with Crippen molar-refractivity contribution in [1.82, 2.24) is 9.88 Å². The molecular weight excluding hydrogens is 441 g/mol. The highest BCUT2D eigenvalue weighted by Crippen LogP contribution is 2.37. The summed E-state index contributed by atoms with van der Waals surface area (Å²) in [6, 6.07) is 7.62. The van der Waals surface area contributed by atoms with Crippen molar-refractivity contribution in [1.29, 1.82) is 5.26 Å². The highest BCUT2D eigenvalue weighted by atomic mass is 19.4. The molecule has 1 aliphatic rings. The van der Waals surface area contributed by atoms with Crippen LogP contribution in [0.1, 0.15) is 36.2 Å². The Morgan fingerprint density at radius 1 is 1.24 bits per heavy atom. The van der Waals surface area contributed by atoms with Gasteiger partial charge >= 0.3 is 18.2 Å². The van der Waals surface area contributed by atoms with Crippen LogP contribution in [0.25, 0.3) is 6.08 Å². The summed E-state index contributed by atoms with van der Waals surface area (Å²) in [5, 5.41) is 17.6. The maximum atomic E-state index is 13.3. The summed E-state index contributed by atoms with van der Waals surface area (Å²) in [5.74, 6) is -1.85. The Morgan fingerprint density at radius 3 is 2.42 bits per heavy atom. The number of aliphatic carboxylic acids is 1. The van der Waals surface area contributed by atoms with Crippen molar-refractivity contribution < 1.29 is 32.7 Å². The second kappa shape index (κ2) is 8.38. The number of pyridine rings is 1. The second-order valence-corrected chi connectivity index (χ2v) is 7.68. The molecule has 33 heavy (non-hydrogen) atoms. The highest BCUT2D eigenvalue weighted by molar-refractivity contribution is 6.22. The van der Waals surface area contributed by atoms with Crippen molar-refractivity contribution in [3.63, 3.8) is 0 Å². The topological polar surface area (TPSA) is 115 Å². The second-order valence-electron chi connectivity index (χ2n) is 7.68. The van der Waals surface area contributed by atoms with Gasteiger partial charge in [-0.1, -0.05) is 24.3 Å². The number of hydrogen-bond donors (Lipinski definition) is 1. The molecule has 2 aromatic rings. The normalized spacial score (nSPS) is 15.9. The zero-order chi connectivity index (χ0) is 24.6. The van der Waals surface area contributed by atoms with Crippen LogP contribution < -0.4 is 4.90 Å². The number of benzene rings is 1. The van der Waals surface area contributed by atoms with Crippen molar-refractivity contribution in [3.8, 4) is 6.07 Å². The number of carbonyl (C=O) groups excluding carboxylic acids is 2. The molecular formula is C22H17F3N4O4. The number of alkyl halides is 3. The van der Waals surface area contributed by atoms with Gasteiger partial charge in [0.15, 0.2) is 5.69 Å². The minimum absolute atomic E-state index is 0.0210. The summed E-state index contributed by atoms with van der Waals surface area (Å²) in [5.41, 5.74) is -2.74. The van der Waals surface area contributed by atoms with Gasteiger partial charge in [0.2, 0.25) is 0 Å². The number of hydrogen-bond acceptors (Lipinski definition) is 5. The molecule has 8 nitrogen and oxygen atoms in total. The number of urea groups is 1. The third kappa shape index (κ3) is 4.55. The van der Waals surface area contributed by atoms with Gasteiger partial charge in [-0.25, -0.2) is 19.5 Å². The minimum Gasteiger partial charge on any atom is -0.478 e. The van der Waals surface area contributed by atoms with Gasteiger partial charge in [-0.3, -0.25) is 4.79 Å². The number of nitrogens with zero attached hydrogens (tertiary/aromatic N) is 4. The van der Waals surface area contributed by atoms with Gasteiger partial charge in [0, 0.05) is 12.6 Å². The smallest absolute Gasteiger partial charge is 0.419 e. The zero-order valence-electron chi connectivity index (χ0n) is 17.4. The SMILES string of the molecule is CC1(C)C(=O)N(c2cnc(C#N)c(C(F)(F)F)c2)C(=O)N1Cc1ccc(/C=C/C(=O)O)cc1. The quantitative estimate of drug-likeness (QED) is 0.538. The fourth-order valence-corrected chi connectivity index (χ4v) is 3.29. The number of anilines is 1. The number of nitriles is 1. The van der Waals surface area contributed by atoms with Crippen LogP contribution in [-0.2, 0) is 22.3 Å². The number of carboxylic acids is 1. The van der Waals surface area contributed by atoms with E-state index in [-0.39, 0.29) is 12.2 Å². The summed E-state index contributed by atoms with van der Waals surface area (Å²) in [7, 11) is 0. The monoisotopic (exact) mass is 458 g/mol. The summed E-state index contributed by atoms with van der Waals surface area (Å²) >= 11 is 0. The minimum atomic E-state index is -4.90. The van der Waals surface area contributed by atoms with E-state index >= 15 is 0 Å². The van der Waals surface area contributed by atoms with Crippen molar-refractivity contribution in [2.45, 2.75) is 32.1 Å². The Kier molecular flexibility index (Phi) is 5.96. The molecule has 170 valence electrons. The largest absolute Gasteiger partial charge is 0.478 e. The first-order chi connectivity index (χ1) is 15.4. The zero-order valence-corrected chi connectivity index (χ0v) is 17.4. The van der Waals surface area contributed by atoms with Crippen LogP contribution in [0.3, 0.4) is 0 Å². The van der Waals surface area contributed by atoms with Gasteiger partial charge in [-0.05, 0) is 37.1 Å². The first-order valence-electron chi connectivity index (χ1n) is 9.49. The molecule has 0 radical (unpaired) electrons. The molecule has 0 atom stereocenters. The van der Waals surface area contributed by atoms with Crippen molar-refractivity contribution in [2.24, 2.45) is 0 Å². The molecule has 11 heteroatoms. The number of rotatable bonds is 5. The number of amides is 3. The predicted octanol–water partition coefficient (Wildman–Crippen LogP) is 3.82. The predicted molar refractivity (Wildman–Crippen MR) is 110 cm³/mol. The Bertz CT molecular complexity index is 1200. The highest BCUT2D eigenvalue weighted by Gasteiger charge is 2.52. The van der Waals surface area contributed by atoms with Crippen LogP contribution in [0.5, 0.6) is 0 Å². The molecule has 0 unspecified atom stereocenters. The molecule has 1 N–H and O–H groups in total. The van der Waals surface area contributed by atoms with Crippen LogP contribution in [0, 0.1) is 11.3 Å². The molecule has 1 saturated heterocycles. The number of aromatic nitrogens is 1. The summed E-state index contributed by atoms with van der Waals surface area (Å²) in [6.45, 7) is 2.92. The summed E-state index contributed by atoms with van der Waals surface area (Å²) < 4.78 is 40.0. The van der Waals surface area contributed by atoms with Gasteiger partial charge in [-0.2, -0.15) is 18.4 Å². The van der Waals surface area contributed by atoms with Gasteiger partial charge in [0.25, 0.3) is 5.91 Å². The van der Waals surface area contributed by atoms with E-state index in [9.17, 15) is 27.6 Å². The molecule has 3 rings (SSSR count). The van der Waals surface area contributed by atoms with E-state index in [0.29, 0.717) is 22.1 Å². The van der Waals surface area contributed by atoms with Crippen LogP contribution in [-0.4, -0.2) is 38.4 Å². The van der Waals surface area contributed by atoms with Gasteiger partial charge in [0.05, 0.1) is 17.4 Å².